The smallest absolute Gasteiger partial charge is 0.256 e. The standard InChI is InChI=1S/C13H17ClN2O3/c1-16(9-13(18)3-6-19-7-4-13)12(17)10-8-15-5-2-11(10)14/h2,5,8,18H,3-4,6-7,9H2,1H3. The zero-order valence-corrected chi connectivity index (χ0v) is 11.6. The molecule has 0 saturated carbocycles. The predicted molar refractivity (Wildman–Crippen MR) is 71.2 cm³/mol. The first-order valence-corrected chi connectivity index (χ1v) is 6.55. The Hall–Kier alpha value is -1.17. The van der Waals surface area contributed by atoms with Gasteiger partial charge in [-0.2, -0.15) is 0 Å². The lowest BCUT2D eigenvalue weighted by molar-refractivity contribution is -0.0734. The molecule has 2 rings (SSSR count). The zero-order valence-electron chi connectivity index (χ0n) is 10.8. The molecule has 1 aliphatic heterocycles. The highest BCUT2D eigenvalue weighted by molar-refractivity contribution is 6.33. The number of carbonyl (C=O) groups is 1. The summed E-state index contributed by atoms with van der Waals surface area (Å²) in [5, 5.41) is 10.8. The molecule has 5 nitrogen and oxygen atoms in total. The van der Waals surface area contributed by atoms with Gasteiger partial charge in [-0.15, -0.1) is 0 Å². The number of nitrogens with zero attached hydrogens (tertiary/aromatic N) is 2. The van der Waals surface area contributed by atoms with E-state index in [-0.39, 0.29) is 12.5 Å². The van der Waals surface area contributed by atoms with Gasteiger partial charge in [-0.05, 0) is 6.07 Å². The molecule has 1 aromatic rings. The van der Waals surface area contributed by atoms with Crippen LogP contribution in [-0.2, 0) is 4.74 Å². The lowest BCUT2D eigenvalue weighted by atomic mass is 9.94. The van der Waals surface area contributed by atoms with Crippen molar-refractivity contribution in [1.82, 2.24) is 9.88 Å². The minimum Gasteiger partial charge on any atom is -0.388 e. The molecule has 1 fully saturated rings. The van der Waals surface area contributed by atoms with Crippen LogP contribution in [0.25, 0.3) is 0 Å². The molecule has 1 aliphatic rings. The number of amides is 1. The Morgan fingerprint density at radius 1 is 1.58 bits per heavy atom. The molecule has 1 saturated heterocycles. The molecule has 1 amide bonds. The highest BCUT2D eigenvalue weighted by Crippen LogP contribution is 2.23. The highest BCUT2D eigenvalue weighted by atomic mass is 35.5. The maximum absolute atomic E-state index is 12.2. The number of likely N-dealkylation sites (N-methyl/N-ethyl adjacent to an activating group) is 1. The second kappa shape index (κ2) is 5.86. The molecule has 1 N–H and O–H groups in total. The summed E-state index contributed by atoms with van der Waals surface area (Å²) in [6.45, 7) is 1.30. The number of ether oxygens (including phenoxy) is 1. The molecule has 6 heteroatoms. The van der Waals surface area contributed by atoms with Gasteiger partial charge in [0.05, 0.1) is 16.2 Å². The van der Waals surface area contributed by atoms with E-state index in [9.17, 15) is 9.90 Å². The normalized spacial score (nSPS) is 18.1. The molecule has 0 spiro atoms. The summed E-state index contributed by atoms with van der Waals surface area (Å²) in [6, 6.07) is 1.58. The van der Waals surface area contributed by atoms with Crippen LogP contribution in [0.1, 0.15) is 23.2 Å². The monoisotopic (exact) mass is 284 g/mol. The average Bonchev–Trinajstić information content (AvgIpc) is 2.39. The molecular formula is C13H17ClN2O3. The summed E-state index contributed by atoms with van der Waals surface area (Å²) in [7, 11) is 1.65. The predicted octanol–water partition coefficient (Wildman–Crippen LogP) is 1.35. The van der Waals surface area contributed by atoms with Crippen LogP contribution < -0.4 is 0 Å². The van der Waals surface area contributed by atoms with Crippen molar-refractivity contribution in [2.24, 2.45) is 0 Å². The van der Waals surface area contributed by atoms with Gasteiger partial charge >= 0.3 is 0 Å². The molecular weight excluding hydrogens is 268 g/mol. The molecule has 1 aromatic heterocycles. The third-order valence-electron chi connectivity index (χ3n) is 3.30. The van der Waals surface area contributed by atoms with E-state index in [1.54, 1.807) is 13.1 Å². The Balaban J connectivity index is 2.05. The van der Waals surface area contributed by atoms with E-state index in [1.807, 2.05) is 0 Å². The summed E-state index contributed by atoms with van der Waals surface area (Å²) in [5.41, 5.74) is -0.528. The second-order valence-corrected chi connectivity index (χ2v) is 5.26. The summed E-state index contributed by atoms with van der Waals surface area (Å²) < 4.78 is 5.22. The van der Waals surface area contributed by atoms with Gasteiger partial charge < -0.3 is 14.7 Å². The van der Waals surface area contributed by atoms with E-state index in [0.717, 1.165) is 0 Å². The number of aromatic nitrogens is 1. The fourth-order valence-corrected chi connectivity index (χ4v) is 2.35. The first kappa shape index (κ1) is 14.2. The Labute approximate surface area is 117 Å². The van der Waals surface area contributed by atoms with Gasteiger partial charge in [0.25, 0.3) is 5.91 Å². The van der Waals surface area contributed by atoms with Crippen LogP contribution >= 0.6 is 11.6 Å². The molecule has 0 bridgehead atoms. The van der Waals surface area contributed by atoms with Crippen LogP contribution in [0.3, 0.4) is 0 Å². The minimum absolute atomic E-state index is 0.238. The van der Waals surface area contributed by atoms with Crippen molar-refractivity contribution in [3.63, 3.8) is 0 Å². The third kappa shape index (κ3) is 3.43. The van der Waals surface area contributed by atoms with Crippen LogP contribution in [0.5, 0.6) is 0 Å². The van der Waals surface area contributed by atoms with E-state index in [4.69, 9.17) is 16.3 Å². The molecule has 0 unspecified atom stereocenters. The Morgan fingerprint density at radius 2 is 2.26 bits per heavy atom. The SMILES string of the molecule is CN(CC1(O)CCOCC1)C(=O)c1cnccc1Cl. The fraction of sp³-hybridized carbons (Fsp3) is 0.538. The van der Waals surface area contributed by atoms with E-state index in [2.05, 4.69) is 4.98 Å². The van der Waals surface area contributed by atoms with Crippen molar-refractivity contribution in [2.75, 3.05) is 26.8 Å². The van der Waals surface area contributed by atoms with E-state index < -0.39 is 5.60 Å². The average molecular weight is 285 g/mol. The largest absolute Gasteiger partial charge is 0.388 e. The zero-order chi connectivity index (χ0) is 13.9. The summed E-state index contributed by atoms with van der Waals surface area (Å²) >= 11 is 5.97. The van der Waals surface area contributed by atoms with Crippen LogP contribution in [0, 0.1) is 0 Å². The molecule has 19 heavy (non-hydrogen) atoms. The van der Waals surface area contributed by atoms with Gasteiger partial charge in [-0.3, -0.25) is 9.78 Å². The Morgan fingerprint density at radius 3 is 2.89 bits per heavy atom. The van der Waals surface area contributed by atoms with Gasteiger partial charge in [-0.1, -0.05) is 11.6 Å². The maximum atomic E-state index is 12.2. The number of aliphatic hydroxyl groups is 1. The molecule has 104 valence electrons. The van der Waals surface area contributed by atoms with E-state index in [1.165, 1.54) is 17.3 Å². The van der Waals surface area contributed by atoms with Crippen LogP contribution in [0.15, 0.2) is 18.5 Å². The van der Waals surface area contributed by atoms with Gasteiger partial charge in [0, 0.05) is 52.0 Å². The van der Waals surface area contributed by atoms with Crippen LogP contribution in [0.2, 0.25) is 5.02 Å². The lowest BCUT2D eigenvalue weighted by Crippen LogP contribution is -2.47. The number of pyridine rings is 1. The Bertz CT molecular complexity index is 461. The molecule has 0 aromatic carbocycles. The maximum Gasteiger partial charge on any atom is 0.256 e. The van der Waals surface area contributed by atoms with Gasteiger partial charge in [0.1, 0.15) is 0 Å². The molecule has 0 radical (unpaired) electrons. The van der Waals surface area contributed by atoms with Gasteiger partial charge in [-0.25, -0.2) is 0 Å². The highest BCUT2D eigenvalue weighted by Gasteiger charge is 2.32. The second-order valence-electron chi connectivity index (χ2n) is 4.85. The molecule has 0 atom stereocenters. The minimum atomic E-state index is -0.878. The number of rotatable bonds is 3. The van der Waals surface area contributed by atoms with Crippen LogP contribution in [0.4, 0.5) is 0 Å². The van der Waals surface area contributed by atoms with Crippen molar-refractivity contribution in [3.8, 4) is 0 Å². The summed E-state index contributed by atoms with van der Waals surface area (Å²) in [5.74, 6) is -0.238. The first-order valence-electron chi connectivity index (χ1n) is 6.17. The summed E-state index contributed by atoms with van der Waals surface area (Å²) in [6.07, 6.45) is 4.04. The number of hydrogen-bond donors (Lipinski definition) is 1. The van der Waals surface area contributed by atoms with Crippen molar-refractivity contribution >= 4 is 17.5 Å². The fourth-order valence-electron chi connectivity index (χ4n) is 2.16. The van der Waals surface area contributed by atoms with Crippen molar-refractivity contribution in [2.45, 2.75) is 18.4 Å². The summed E-state index contributed by atoms with van der Waals surface area (Å²) in [4.78, 5) is 17.6. The lowest BCUT2D eigenvalue weighted by Gasteiger charge is -2.35. The van der Waals surface area contributed by atoms with Crippen molar-refractivity contribution in [3.05, 3.63) is 29.0 Å². The van der Waals surface area contributed by atoms with Gasteiger partial charge in [0.15, 0.2) is 0 Å². The third-order valence-corrected chi connectivity index (χ3v) is 3.63. The van der Waals surface area contributed by atoms with E-state index in [0.29, 0.717) is 36.6 Å². The van der Waals surface area contributed by atoms with Crippen LogP contribution in [-0.4, -0.2) is 53.3 Å². The Kier molecular flexibility index (Phi) is 4.39. The molecule has 2 heterocycles. The number of halogens is 1. The van der Waals surface area contributed by atoms with E-state index >= 15 is 0 Å². The number of hydrogen-bond acceptors (Lipinski definition) is 4. The molecule has 0 aliphatic carbocycles. The first-order chi connectivity index (χ1) is 9.02. The quantitative estimate of drug-likeness (QED) is 0.910. The van der Waals surface area contributed by atoms with Crippen molar-refractivity contribution < 1.29 is 14.6 Å². The topological polar surface area (TPSA) is 62.7 Å². The van der Waals surface area contributed by atoms with Gasteiger partial charge in [0.2, 0.25) is 0 Å². The van der Waals surface area contributed by atoms with Crippen molar-refractivity contribution in [1.29, 1.82) is 0 Å². The number of carbonyl (C=O) groups excluding carboxylic acids is 1.